The summed E-state index contributed by atoms with van der Waals surface area (Å²) in [6, 6.07) is 0.559. The van der Waals surface area contributed by atoms with Gasteiger partial charge < -0.3 is 20.3 Å². The van der Waals surface area contributed by atoms with Gasteiger partial charge in [-0.05, 0) is 31.6 Å². The predicted octanol–water partition coefficient (Wildman–Crippen LogP) is 3.01. The molecule has 146 valence electrons. The van der Waals surface area contributed by atoms with E-state index in [-0.39, 0.29) is 0 Å². The first-order valence-corrected chi connectivity index (χ1v) is 10.5. The van der Waals surface area contributed by atoms with E-state index >= 15 is 0 Å². The minimum atomic E-state index is 0.559. The molecule has 5 nitrogen and oxygen atoms in total. The van der Waals surface area contributed by atoms with Gasteiger partial charge in [0.05, 0.1) is 0 Å². The van der Waals surface area contributed by atoms with E-state index < -0.39 is 0 Å². The van der Waals surface area contributed by atoms with Gasteiger partial charge in [-0.3, -0.25) is 4.99 Å². The van der Waals surface area contributed by atoms with Crippen molar-refractivity contribution in [1.82, 2.24) is 15.5 Å². The molecule has 0 radical (unpaired) electrons. The Morgan fingerprint density at radius 3 is 2.52 bits per heavy atom. The van der Waals surface area contributed by atoms with E-state index in [4.69, 9.17) is 4.74 Å². The van der Waals surface area contributed by atoms with Crippen LogP contribution in [0.15, 0.2) is 4.99 Å². The number of ether oxygens (including phenoxy) is 1. The molecule has 0 aromatic carbocycles. The minimum Gasteiger partial charge on any atom is -0.385 e. The molecule has 25 heavy (non-hydrogen) atoms. The topological polar surface area (TPSA) is 48.9 Å². The summed E-state index contributed by atoms with van der Waals surface area (Å²) in [4.78, 5) is 6.95. The number of piperidine rings is 1. The van der Waals surface area contributed by atoms with Crippen LogP contribution in [0.1, 0.15) is 64.2 Å². The quantitative estimate of drug-likeness (QED) is 0.360. The molecule has 1 saturated carbocycles. The standard InChI is InChI=1S/C20H40N4O/c1-21-20(22-13-6-5-10-18-8-3-4-9-18)23-19-11-15-24(16-12-19)14-7-17-25-2/h18-19H,3-17H2,1-2H3,(H2,21,22,23). The maximum absolute atomic E-state index is 5.14. The fraction of sp³-hybridized carbons (Fsp3) is 0.950. The van der Waals surface area contributed by atoms with Crippen molar-refractivity contribution in [3.8, 4) is 0 Å². The van der Waals surface area contributed by atoms with E-state index in [2.05, 4.69) is 20.5 Å². The number of hydrogen-bond donors (Lipinski definition) is 2. The number of rotatable bonds is 10. The number of aliphatic imine (C=N–C) groups is 1. The van der Waals surface area contributed by atoms with Gasteiger partial charge in [-0.15, -0.1) is 0 Å². The fourth-order valence-corrected chi connectivity index (χ4v) is 4.19. The summed E-state index contributed by atoms with van der Waals surface area (Å²) in [5, 5.41) is 7.12. The molecule has 0 spiro atoms. The van der Waals surface area contributed by atoms with Gasteiger partial charge in [-0.2, -0.15) is 0 Å². The van der Waals surface area contributed by atoms with Crippen LogP contribution in [0.3, 0.4) is 0 Å². The predicted molar refractivity (Wildman–Crippen MR) is 106 cm³/mol. The molecule has 2 fully saturated rings. The van der Waals surface area contributed by atoms with Crippen molar-refractivity contribution in [2.45, 2.75) is 70.3 Å². The third kappa shape index (κ3) is 8.41. The second-order valence-electron chi connectivity index (χ2n) is 7.75. The Balaban J connectivity index is 1.51. The first kappa shape index (κ1) is 20.5. The normalized spacial score (nSPS) is 21.0. The molecule has 0 aromatic heterocycles. The maximum Gasteiger partial charge on any atom is 0.191 e. The first-order chi connectivity index (χ1) is 12.3. The van der Waals surface area contributed by atoms with E-state index in [1.165, 1.54) is 70.9 Å². The fourth-order valence-electron chi connectivity index (χ4n) is 4.19. The molecule has 1 aliphatic heterocycles. The van der Waals surface area contributed by atoms with Gasteiger partial charge >= 0.3 is 0 Å². The molecule has 1 heterocycles. The highest BCUT2D eigenvalue weighted by molar-refractivity contribution is 5.79. The zero-order valence-electron chi connectivity index (χ0n) is 16.6. The van der Waals surface area contributed by atoms with Crippen LogP contribution in [0.4, 0.5) is 0 Å². The van der Waals surface area contributed by atoms with Crippen molar-refractivity contribution in [2.24, 2.45) is 10.9 Å². The SMILES string of the molecule is CN=C(NCCCCC1CCCC1)NC1CCN(CCCOC)CC1. The van der Waals surface area contributed by atoms with Crippen molar-refractivity contribution in [3.63, 3.8) is 0 Å². The molecule has 5 heteroatoms. The van der Waals surface area contributed by atoms with Crippen LogP contribution in [-0.2, 0) is 4.74 Å². The number of hydrogen-bond acceptors (Lipinski definition) is 3. The lowest BCUT2D eigenvalue weighted by Crippen LogP contribution is -2.49. The van der Waals surface area contributed by atoms with E-state index in [0.29, 0.717) is 6.04 Å². The van der Waals surface area contributed by atoms with Gasteiger partial charge in [0.1, 0.15) is 0 Å². The molecule has 2 rings (SSSR count). The highest BCUT2D eigenvalue weighted by Gasteiger charge is 2.19. The summed E-state index contributed by atoms with van der Waals surface area (Å²) >= 11 is 0. The molecule has 2 aliphatic rings. The molecule has 0 amide bonds. The monoisotopic (exact) mass is 352 g/mol. The summed E-state index contributed by atoms with van der Waals surface area (Å²) in [5.74, 6) is 2.00. The number of guanidine groups is 1. The third-order valence-electron chi connectivity index (χ3n) is 5.78. The Labute approximate surface area is 155 Å². The minimum absolute atomic E-state index is 0.559. The molecule has 0 atom stereocenters. The maximum atomic E-state index is 5.14. The highest BCUT2D eigenvalue weighted by atomic mass is 16.5. The number of nitrogens with one attached hydrogen (secondary N) is 2. The molecule has 1 saturated heterocycles. The lowest BCUT2D eigenvalue weighted by atomic mass is 10.0. The average molecular weight is 353 g/mol. The van der Waals surface area contributed by atoms with Gasteiger partial charge in [0.25, 0.3) is 0 Å². The Hall–Kier alpha value is -0.810. The van der Waals surface area contributed by atoms with Crippen LogP contribution >= 0.6 is 0 Å². The van der Waals surface area contributed by atoms with E-state index in [1.54, 1.807) is 7.11 Å². The molecule has 0 unspecified atom stereocenters. The van der Waals surface area contributed by atoms with Crippen molar-refractivity contribution >= 4 is 5.96 Å². The summed E-state index contributed by atoms with van der Waals surface area (Å²) in [5.41, 5.74) is 0. The van der Waals surface area contributed by atoms with Crippen LogP contribution in [0.25, 0.3) is 0 Å². The summed E-state index contributed by atoms with van der Waals surface area (Å²) in [6.45, 7) is 5.44. The lowest BCUT2D eigenvalue weighted by molar-refractivity contribution is 0.155. The lowest BCUT2D eigenvalue weighted by Gasteiger charge is -2.33. The van der Waals surface area contributed by atoms with Gasteiger partial charge in [0.2, 0.25) is 0 Å². The van der Waals surface area contributed by atoms with Gasteiger partial charge in [-0.25, -0.2) is 0 Å². The summed E-state index contributed by atoms with van der Waals surface area (Å²) < 4.78 is 5.14. The molecular weight excluding hydrogens is 312 g/mol. The van der Waals surface area contributed by atoms with Gasteiger partial charge in [0, 0.05) is 53.0 Å². The summed E-state index contributed by atoms with van der Waals surface area (Å²) in [7, 11) is 3.66. The second kappa shape index (κ2) is 12.5. The molecule has 0 aromatic rings. The smallest absolute Gasteiger partial charge is 0.191 e. The van der Waals surface area contributed by atoms with Crippen LogP contribution in [0.2, 0.25) is 0 Å². The Morgan fingerprint density at radius 2 is 1.84 bits per heavy atom. The average Bonchev–Trinajstić information content (AvgIpc) is 3.15. The van der Waals surface area contributed by atoms with E-state index in [1.807, 2.05) is 7.05 Å². The Morgan fingerprint density at radius 1 is 1.08 bits per heavy atom. The number of methoxy groups -OCH3 is 1. The largest absolute Gasteiger partial charge is 0.385 e. The van der Waals surface area contributed by atoms with Gasteiger partial charge in [0.15, 0.2) is 5.96 Å². The second-order valence-corrected chi connectivity index (χ2v) is 7.75. The Kier molecular flexibility index (Phi) is 10.3. The zero-order chi connectivity index (χ0) is 17.7. The highest BCUT2D eigenvalue weighted by Crippen LogP contribution is 2.28. The van der Waals surface area contributed by atoms with Crippen LogP contribution < -0.4 is 10.6 Å². The van der Waals surface area contributed by atoms with Crippen LogP contribution in [0, 0.1) is 5.92 Å². The first-order valence-electron chi connectivity index (χ1n) is 10.5. The number of nitrogens with zero attached hydrogens (tertiary/aromatic N) is 2. The molecule has 1 aliphatic carbocycles. The van der Waals surface area contributed by atoms with Crippen molar-refractivity contribution in [2.75, 3.05) is 46.9 Å². The molecule has 2 N–H and O–H groups in total. The van der Waals surface area contributed by atoms with E-state index in [0.717, 1.165) is 38.0 Å². The number of likely N-dealkylation sites (tertiary alicyclic amines) is 1. The Bertz CT molecular complexity index is 361. The van der Waals surface area contributed by atoms with Crippen molar-refractivity contribution in [1.29, 1.82) is 0 Å². The summed E-state index contributed by atoms with van der Waals surface area (Å²) in [6.07, 6.45) is 13.5. The third-order valence-corrected chi connectivity index (χ3v) is 5.78. The van der Waals surface area contributed by atoms with Crippen LogP contribution in [-0.4, -0.2) is 63.8 Å². The molecular formula is C20H40N4O. The van der Waals surface area contributed by atoms with Crippen LogP contribution in [0.5, 0.6) is 0 Å². The van der Waals surface area contributed by atoms with Crippen molar-refractivity contribution in [3.05, 3.63) is 0 Å². The number of unbranched alkanes of at least 4 members (excludes halogenated alkanes) is 1. The zero-order valence-corrected chi connectivity index (χ0v) is 16.6. The van der Waals surface area contributed by atoms with E-state index in [9.17, 15) is 0 Å². The van der Waals surface area contributed by atoms with Gasteiger partial charge in [-0.1, -0.05) is 38.5 Å². The van der Waals surface area contributed by atoms with Crippen molar-refractivity contribution < 1.29 is 4.74 Å². The molecule has 0 bridgehead atoms.